The van der Waals surface area contributed by atoms with Crippen molar-refractivity contribution in [3.8, 4) is 0 Å². The SMILES string of the molecule is Cc1nc(Br)c(CCc2cccs2)n1C. The van der Waals surface area contributed by atoms with Crippen LogP contribution in [0.3, 0.4) is 0 Å². The zero-order valence-electron chi connectivity index (χ0n) is 8.83. The first kappa shape index (κ1) is 10.9. The topological polar surface area (TPSA) is 17.8 Å². The number of halogens is 1. The number of imidazole rings is 1. The van der Waals surface area contributed by atoms with E-state index in [1.54, 1.807) is 0 Å². The van der Waals surface area contributed by atoms with Gasteiger partial charge in [0.25, 0.3) is 0 Å². The fourth-order valence-corrected chi connectivity index (χ4v) is 3.01. The van der Waals surface area contributed by atoms with Gasteiger partial charge in [0.2, 0.25) is 0 Å². The molecule has 2 aromatic rings. The summed E-state index contributed by atoms with van der Waals surface area (Å²) in [5, 5.41) is 2.12. The predicted octanol–water partition coefficient (Wildman–Crippen LogP) is 3.34. The van der Waals surface area contributed by atoms with Gasteiger partial charge < -0.3 is 4.57 Å². The second kappa shape index (κ2) is 4.49. The van der Waals surface area contributed by atoms with Crippen molar-refractivity contribution < 1.29 is 0 Å². The number of aromatic nitrogens is 2. The van der Waals surface area contributed by atoms with Crippen LogP contribution in [-0.4, -0.2) is 9.55 Å². The predicted molar refractivity (Wildman–Crippen MR) is 67.4 cm³/mol. The van der Waals surface area contributed by atoms with Crippen LogP contribution in [0.5, 0.6) is 0 Å². The lowest BCUT2D eigenvalue weighted by atomic mass is 10.2. The summed E-state index contributed by atoms with van der Waals surface area (Å²) in [6.07, 6.45) is 2.13. The van der Waals surface area contributed by atoms with E-state index in [4.69, 9.17) is 0 Å². The van der Waals surface area contributed by atoms with Crippen molar-refractivity contribution in [2.75, 3.05) is 0 Å². The summed E-state index contributed by atoms with van der Waals surface area (Å²) in [7, 11) is 2.07. The molecule has 0 aliphatic heterocycles. The van der Waals surface area contributed by atoms with E-state index < -0.39 is 0 Å². The van der Waals surface area contributed by atoms with Gasteiger partial charge in [0.1, 0.15) is 10.4 Å². The van der Waals surface area contributed by atoms with Gasteiger partial charge in [0.15, 0.2) is 0 Å². The van der Waals surface area contributed by atoms with Crippen molar-refractivity contribution in [3.63, 3.8) is 0 Å². The monoisotopic (exact) mass is 284 g/mol. The van der Waals surface area contributed by atoms with Crippen LogP contribution in [0.25, 0.3) is 0 Å². The van der Waals surface area contributed by atoms with Gasteiger partial charge in [0, 0.05) is 11.9 Å². The molecule has 0 saturated carbocycles. The molecule has 0 bridgehead atoms. The molecule has 2 heterocycles. The van der Waals surface area contributed by atoms with E-state index in [0.29, 0.717) is 0 Å². The van der Waals surface area contributed by atoms with Crippen molar-refractivity contribution in [2.24, 2.45) is 7.05 Å². The Kier molecular flexibility index (Phi) is 3.26. The molecule has 0 aliphatic carbocycles. The molecule has 0 fully saturated rings. The molecular weight excluding hydrogens is 272 g/mol. The largest absolute Gasteiger partial charge is 0.334 e. The molecule has 0 N–H and O–H groups in total. The van der Waals surface area contributed by atoms with Crippen molar-refractivity contribution >= 4 is 27.3 Å². The van der Waals surface area contributed by atoms with Crippen LogP contribution in [-0.2, 0) is 19.9 Å². The Hall–Kier alpha value is -0.610. The first-order valence-corrected chi connectivity index (χ1v) is 6.56. The van der Waals surface area contributed by atoms with Crippen molar-refractivity contribution in [1.29, 1.82) is 0 Å². The summed E-state index contributed by atoms with van der Waals surface area (Å²) in [6.45, 7) is 2.03. The number of rotatable bonds is 3. The van der Waals surface area contributed by atoms with E-state index in [2.05, 4.69) is 50.0 Å². The average Bonchev–Trinajstić information content (AvgIpc) is 2.76. The lowest BCUT2D eigenvalue weighted by molar-refractivity contribution is 0.774. The normalized spacial score (nSPS) is 10.9. The first-order chi connectivity index (χ1) is 7.18. The number of nitrogens with zero attached hydrogens (tertiary/aromatic N) is 2. The second-order valence-corrected chi connectivity index (χ2v) is 5.32. The Labute approximate surface area is 102 Å². The molecule has 0 unspecified atom stereocenters. The van der Waals surface area contributed by atoms with Crippen LogP contribution >= 0.6 is 27.3 Å². The number of hydrogen-bond donors (Lipinski definition) is 0. The molecule has 0 radical (unpaired) electrons. The molecule has 80 valence electrons. The van der Waals surface area contributed by atoms with Gasteiger partial charge in [-0.3, -0.25) is 0 Å². The van der Waals surface area contributed by atoms with Crippen LogP contribution in [0.2, 0.25) is 0 Å². The summed E-state index contributed by atoms with van der Waals surface area (Å²) >= 11 is 5.32. The molecule has 0 aliphatic rings. The highest BCUT2D eigenvalue weighted by atomic mass is 79.9. The average molecular weight is 285 g/mol. The van der Waals surface area contributed by atoms with E-state index in [1.807, 2.05) is 18.3 Å². The number of aryl methyl sites for hydroxylation is 2. The quantitative estimate of drug-likeness (QED) is 0.845. The smallest absolute Gasteiger partial charge is 0.127 e. The minimum Gasteiger partial charge on any atom is -0.334 e. The van der Waals surface area contributed by atoms with Gasteiger partial charge in [-0.1, -0.05) is 6.07 Å². The Morgan fingerprint density at radius 3 is 2.80 bits per heavy atom. The molecule has 2 nitrogen and oxygen atoms in total. The summed E-state index contributed by atoms with van der Waals surface area (Å²) in [5.74, 6) is 1.06. The van der Waals surface area contributed by atoms with Crippen molar-refractivity contribution in [2.45, 2.75) is 19.8 Å². The number of thiophene rings is 1. The molecule has 0 atom stereocenters. The number of hydrogen-bond acceptors (Lipinski definition) is 2. The molecular formula is C11H13BrN2S. The summed E-state index contributed by atoms with van der Waals surface area (Å²) in [4.78, 5) is 5.82. The Morgan fingerprint density at radius 1 is 1.47 bits per heavy atom. The zero-order chi connectivity index (χ0) is 10.8. The highest BCUT2D eigenvalue weighted by Gasteiger charge is 2.09. The molecule has 0 saturated heterocycles. The minimum absolute atomic E-state index is 0.985. The van der Waals surface area contributed by atoms with E-state index in [1.165, 1.54) is 10.6 Å². The van der Waals surface area contributed by atoms with Crippen molar-refractivity contribution in [3.05, 3.63) is 38.5 Å². The highest BCUT2D eigenvalue weighted by molar-refractivity contribution is 9.10. The zero-order valence-corrected chi connectivity index (χ0v) is 11.2. The minimum atomic E-state index is 0.985. The molecule has 0 spiro atoms. The lowest BCUT2D eigenvalue weighted by Crippen LogP contribution is -2.00. The third kappa shape index (κ3) is 2.32. The summed E-state index contributed by atoms with van der Waals surface area (Å²) < 4.78 is 3.14. The van der Waals surface area contributed by atoms with E-state index in [9.17, 15) is 0 Å². The molecule has 2 aromatic heterocycles. The van der Waals surface area contributed by atoms with Gasteiger partial charge in [-0.15, -0.1) is 11.3 Å². The molecule has 4 heteroatoms. The Morgan fingerprint density at radius 2 is 2.27 bits per heavy atom. The van der Waals surface area contributed by atoms with E-state index in [0.717, 1.165) is 23.3 Å². The molecule has 0 amide bonds. The first-order valence-electron chi connectivity index (χ1n) is 4.88. The van der Waals surface area contributed by atoms with Gasteiger partial charge in [0.05, 0.1) is 5.69 Å². The van der Waals surface area contributed by atoms with Gasteiger partial charge >= 0.3 is 0 Å². The fraction of sp³-hybridized carbons (Fsp3) is 0.364. The maximum Gasteiger partial charge on any atom is 0.127 e. The van der Waals surface area contributed by atoms with Gasteiger partial charge in [-0.05, 0) is 47.1 Å². The standard InChI is InChI=1S/C11H13BrN2S/c1-8-13-11(12)10(14(8)2)6-5-9-4-3-7-15-9/h3-4,7H,5-6H2,1-2H3. The van der Waals surface area contributed by atoms with E-state index in [-0.39, 0.29) is 0 Å². The third-order valence-electron chi connectivity index (χ3n) is 2.58. The maximum absolute atomic E-state index is 4.39. The fourth-order valence-electron chi connectivity index (χ4n) is 1.58. The lowest BCUT2D eigenvalue weighted by Gasteiger charge is -2.03. The van der Waals surface area contributed by atoms with Crippen LogP contribution in [0.15, 0.2) is 22.1 Å². The summed E-state index contributed by atoms with van der Waals surface area (Å²) in [6, 6.07) is 4.28. The maximum atomic E-state index is 4.39. The van der Waals surface area contributed by atoms with E-state index >= 15 is 0 Å². The van der Waals surface area contributed by atoms with Crippen LogP contribution in [0, 0.1) is 6.92 Å². The van der Waals surface area contributed by atoms with Crippen LogP contribution < -0.4 is 0 Å². The van der Waals surface area contributed by atoms with Gasteiger partial charge in [-0.25, -0.2) is 4.98 Å². The summed E-state index contributed by atoms with van der Waals surface area (Å²) in [5.41, 5.74) is 1.28. The molecule has 15 heavy (non-hydrogen) atoms. The van der Waals surface area contributed by atoms with Gasteiger partial charge in [-0.2, -0.15) is 0 Å². The van der Waals surface area contributed by atoms with Crippen molar-refractivity contribution in [1.82, 2.24) is 9.55 Å². The Bertz CT molecular complexity index is 445. The Balaban J connectivity index is 2.11. The third-order valence-corrected chi connectivity index (χ3v) is 4.15. The highest BCUT2D eigenvalue weighted by Crippen LogP contribution is 2.19. The molecule has 2 rings (SSSR count). The van der Waals surface area contributed by atoms with Crippen LogP contribution in [0.4, 0.5) is 0 Å². The van der Waals surface area contributed by atoms with Crippen LogP contribution in [0.1, 0.15) is 16.4 Å². The molecule has 0 aromatic carbocycles. The second-order valence-electron chi connectivity index (χ2n) is 3.53.